The number of aryl methyl sites for hydroxylation is 1. The summed E-state index contributed by atoms with van der Waals surface area (Å²) in [5.74, 6) is -1.32. The zero-order valence-electron chi connectivity index (χ0n) is 24.0. The number of aromatic amines is 1. The SMILES string of the molecule is Cc1cc(N)nc(-c2c(Cl)c3c4c(nc(OC[C@@]56CCCN5C[C@H](F)C6)nc4c2F)N(Cc2cnc[nH]2)CCO3)c1C(F)(F)F. The van der Waals surface area contributed by atoms with Gasteiger partial charge in [-0.2, -0.15) is 23.1 Å². The second-order valence-corrected chi connectivity index (χ2v) is 12.1. The van der Waals surface area contributed by atoms with Crippen molar-refractivity contribution in [2.24, 2.45) is 0 Å². The number of H-pyrrole nitrogens is 1. The summed E-state index contributed by atoms with van der Waals surface area (Å²) in [7, 11) is 0. The van der Waals surface area contributed by atoms with Crippen LogP contribution in [0.25, 0.3) is 22.2 Å². The maximum atomic E-state index is 16.8. The van der Waals surface area contributed by atoms with Gasteiger partial charge in [0.25, 0.3) is 0 Å². The van der Waals surface area contributed by atoms with E-state index in [2.05, 4.69) is 29.8 Å². The van der Waals surface area contributed by atoms with Crippen LogP contribution in [0.3, 0.4) is 0 Å². The summed E-state index contributed by atoms with van der Waals surface area (Å²) in [6.07, 6.45) is -0.904. The van der Waals surface area contributed by atoms with Gasteiger partial charge in [0.05, 0.1) is 57.9 Å². The number of rotatable bonds is 6. The van der Waals surface area contributed by atoms with Crippen LogP contribution in [0, 0.1) is 12.7 Å². The number of pyridine rings is 1. The van der Waals surface area contributed by atoms with Crippen molar-refractivity contribution in [3.63, 3.8) is 0 Å². The number of alkyl halides is 4. The van der Waals surface area contributed by atoms with E-state index in [0.717, 1.165) is 19.0 Å². The van der Waals surface area contributed by atoms with Crippen molar-refractivity contribution in [3.8, 4) is 23.0 Å². The molecule has 6 heterocycles. The monoisotopic (exact) mass is 650 g/mol. The maximum absolute atomic E-state index is 16.8. The Morgan fingerprint density at radius 2 is 2.07 bits per heavy atom. The zero-order valence-corrected chi connectivity index (χ0v) is 24.8. The van der Waals surface area contributed by atoms with E-state index in [0.29, 0.717) is 18.7 Å². The predicted octanol–water partition coefficient (Wildman–Crippen LogP) is 5.47. The molecule has 2 atom stereocenters. The highest BCUT2D eigenvalue weighted by Gasteiger charge is 2.49. The summed E-state index contributed by atoms with van der Waals surface area (Å²) in [4.78, 5) is 23.8. The van der Waals surface area contributed by atoms with Crippen LogP contribution < -0.4 is 20.1 Å². The van der Waals surface area contributed by atoms with E-state index in [1.54, 1.807) is 11.1 Å². The fraction of sp³-hybridized carbons (Fsp3) is 0.448. The van der Waals surface area contributed by atoms with Crippen molar-refractivity contribution in [2.75, 3.05) is 43.5 Å². The van der Waals surface area contributed by atoms with E-state index >= 15 is 4.39 Å². The van der Waals surface area contributed by atoms with Gasteiger partial charge in [-0.15, -0.1) is 0 Å². The van der Waals surface area contributed by atoms with Crippen LogP contribution in [0.1, 0.15) is 36.1 Å². The Balaban J connectivity index is 1.43. The normalized spacial score (nSPS) is 21.7. The summed E-state index contributed by atoms with van der Waals surface area (Å²) in [5.41, 5.74) is 2.75. The Hall–Kier alpha value is -3.98. The molecule has 1 aromatic carbocycles. The Morgan fingerprint density at radius 1 is 1.24 bits per heavy atom. The molecule has 2 saturated heterocycles. The first-order valence-corrected chi connectivity index (χ1v) is 14.8. The Bertz CT molecular complexity index is 1790. The van der Waals surface area contributed by atoms with Crippen molar-refractivity contribution < 1.29 is 31.4 Å². The molecule has 0 radical (unpaired) electrons. The number of imidazole rings is 1. The second kappa shape index (κ2) is 10.8. The molecule has 0 saturated carbocycles. The van der Waals surface area contributed by atoms with Crippen LogP contribution in [-0.4, -0.2) is 74.4 Å². The quantitative estimate of drug-likeness (QED) is 0.262. The molecular weight excluding hydrogens is 623 g/mol. The highest BCUT2D eigenvalue weighted by molar-refractivity contribution is 6.36. The maximum Gasteiger partial charge on any atom is 0.418 e. The van der Waals surface area contributed by atoms with Crippen LogP contribution in [-0.2, 0) is 12.7 Å². The molecule has 7 rings (SSSR count). The highest BCUT2D eigenvalue weighted by Crippen LogP contribution is 2.50. The molecule has 238 valence electrons. The third kappa shape index (κ3) is 5.05. The van der Waals surface area contributed by atoms with E-state index in [4.69, 9.17) is 26.8 Å². The first kappa shape index (κ1) is 29.7. The van der Waals surface area contributed by atoms with E-state index in [-0.39, 0.29) is 72.6 Å². The zero-order chi connectivity index (χ0) is 31.7. The fourth-order valence-corrected chi connectivity index (χ4v) is 7.17. The lowest BCUT2D eigenvalue weighted by molar-refractivity contribution is -0.137. The Morgan fingerprint density at radius 3 is 2.82 bits per heavy atom. The lowest BCUT2D eigenvalue weighted by Crippen LogP contribution is -2.43. The molecule has 0 spiro atoms. The van der Waals surface area contributed by atoms with Gasteiger partial charge in [-0.25, -0.2) is 18.7 Å². The lowest BCUT2D eigenvalue weighted by atomic mass is 9.95. The summed E-state index contributed by atoms with van der Waals surface area (Å²) in [6.45, 7) is 2.83. The fourth-order valence-electron chi connectivity index (χ4n) is 6.85. The van der Waals surface area contributed by atoms with Crippen molar-refractivity contribution >= 4 is 34.1 Å². The summed E-state index contributed by atoms with van der Waals surface area (Å²) in [6, 6.07) is 0.838. The lowest BCUT2D eigenvalue weighted by Gasteiger charge is -2.31. The molecular formula is C29H28ClF5N8O2. The van der Waals surface area contributed by atoms with Gasteiger partial charge in [-0.1, -0.05) is 11.6 Å². The molecule has 3 aromatic heterocycles. The van der Waals surface area contributed by atoms with Gasteiger partial charge < -0.3 is 25.1 Å². The number of benzene rings is 1. The minimum atomic E-state index is -4.91. The average molecular weight is 651 g/mol. The molecule has 3 aliphatic heterocycles. The number of nitrogens with zero attached hydrogens (tertiary/aromatic N) is 6. The number of ether oxygens (including phenoxy) is 2. The second-order valence-electron chi connectivity index (χ2n) is 11.7. The molecule has 16 heteroatoms. The topological polar surface area (TPSA) is 118 Å². The van der Waals surface area contributed by atoms with Gasteiger partial charge in [-0.3, -0.25) is 4.90 Å². The smallest absolute Gasteiger partial charge is 0.418 e. The third-order valence-electron chi connectivity index (χ3n) is 8.75. The number of halogens is 6. The number of anilines is 2. The number of nitrogens with two attached hydrogens (primary N) is 1. The van der Waals surface area contributed by atoms with E-state index in [1.807, 2.05) is 0 Å². The summed E-state index contributed by atoms with van der Waals surface area (Å²) < 4.78 is 86.3. The molecule has 2 fully saturated rings. The number of hydrogen-bond donors (Lipinski definition) is 2. The molecule has 0 aliphatic carbocycles. The molecule has 0 bridgehead atoms. The van der Waals surface area contributed by atoms with Gasteiger partial charge in [0.1, 0.15) is 36.5 Å². The van der Waals surface area contributed by atoms with Crippen molar-refractivity contribution in [3.05, 3.63) is 46.3 Å². The van der Waals surface area contributed by atoms with Crippen molar-refractivity contribution in [1.29, 1.82) is 0 Å². The van der Waals surface area contributed by atoms with Crippen molar-refractivity contribution in [2.45, 2.75) is 50.6 Å². The summed E-state index contributed by atoms with van der Waals surface area (Å²) >= 11 is 6.71. The minimum Gasteiger partial charge on any atom is -0.489 e. The first-order chi connectivity index (χ1) is 21.4. The number of fused-ring (bicyclic) bond motifs is 1. The molecule has 3 aliphatic rings. The molecule has 45 heavy (non-hydrogen) atoms. The Kier molecular flexibility index (Phi) is 7.15. The van der Waals surface area contributed by atoms with Crippen LogP contribution in [0.2, 0.25) is 5.02 Å². The Labute approximate surface area is 258 Å². The largest absolute Gasteiger partial charge is 0.489 e. The molecule has 0 amide bonds. The van der Waals surface area contributed by atoms with Crippen molar-refractivity contribution in [1.82, 2.24) is 29.8 Å². The standard InChI is InChI=1S/C29H28ClF5N8O2/c1-14-7-17(36)39-23(20(14)29(33,34)35)18-21(30)25-19-24(22(18)32)40-27(45-12-28-3-2-4-43(28)10-15(31)8-28)41-26(19)42(5-6-44-25)11-16-9-37-13-38-16/h7,9,13,15H,2-6,8,10-12H2,1H3,(H2,36,39)(H,37,38)/t15-,28+/m1/s1. The number of nitrogen functional groups attached to an aromatic ring is 1. The number of aromatic nitrogens is 5. The molecule has 4 aromatic rings. The minimum absolute atomic E-state index is 0.0338. The number of nitrogens with one attached hydrogen (secondary N) is 1. The van der Waals surface area contributed by atoms with Crippen LogP contribution >= 0.6 is 11.6 Å². The van der Waals surface area contributed by atoms with E-state index in [1.165, 1.54) is 13.3 Å². The van der Waals surface area contributed by atoms with Crippen LogP contribution in [0.5, 0.6) is 11.8 Å². The first-order valence-electron chi connectivity index (χ1n) is 14.4. The van der Waals surface area contributed by atoms with Crippen LogP contribution in [0.15, 0.2) is 18.6 Å². The van der Waals surface area contributed by atoms with Crippen LogP contribution in [0.4, 0.5) is 33.6 Å². The highest BCUT2D eigenvalue weighted by atomic mass is 35.5. The molecule has 0 unspecified atom stereocenters. The summed E-state index contributed by atoms with van der Waals surface area (Å²) in [5, 5.41) is -0.365. The van der Waals surface area contributed by atoms with Gasteiger partial charge in [0.2, 0.25) is 0 Å². The molecule has 10 nitrogen and oxygen atoms in total. The predicted molar refractivity (Wildman–Crippen MR) is 156 cm³/mol. The van der Waals surface area contributed by atoms with Gasteiger partial charge >= 0.3 is 12.2 Å². The third-order valence-corrected chi connectivity index (χ3v) is 9.11. The van der Waals surface area contributed by atoms with Gasteiger partial charge in [0, 0.05) is 19.2 Å². The van der Waals surface area contributed by atoms with Gasteiger partial charge in [-0.05, 0) is 37.9 Å². The number of hydrogen-bond acceptors (Lipinski definition) is 9. The van der Waals surface area contributed by atoms with E-state index < -0.39 is 45.5 Å². The van der Waals surface area contributed by atoms with Gasteiger partial charge in [0.15, 0.2) is 11.6 Å². The molecule has 3 N–H and O–H groups in total. The van der Waals surface area contributed by atoms with E-state index in [9.17, 15) is 17.6 Å². The average Bonchev–Trinajstić information content (AvgIpc) is 3.65.